The van der Waals surface area contributed by atoms with Crippen LogP contribution >= 0.6 is 0 Å². The molecule has 0 aromatic heterocycles. The number of rotatable bonds is 5. The van der Waals surface area contributed by atoms with E-state index in [9.17, 15) is 14.9 Å². The van der Waals surface area contributed by atoms with Crippen molar-refractivity contribution in [2.24, 2.45) is 5.41 Å². The van der Waals surface area contributed by atoms with Crippen molar-refractivity contribution in [3.8, 4) is 6.07 Å². The van der Waals surface area contributed by atoms with Crippen molar-refractivity contribution in [1.82, 2.24) is 0 Å². The molecule has 5 nitrogen and oxygen atoms in total. The molecule has 1 aliphatic heterocycles. The third kappa shape index (κ3) is 3.50. The van der Waals surface area contributed by atoms with Gasteiger partial charge in [0.1, 0.15) is 11.2 Å². The van der Waals surface area contributed by atoms with E-state index in [-0.39, 0.29) is 12.8 Å². The first kappa shape index (κ1) is 19.6. The van der Waals surface area contributed by atoms with Crippen LogP contribution in [-0.4, -0.2) is 11.9 Å². The summed E-state index contributed by atoms with van der Waals surface area (Å²) in [6, 6.07) is 20.7. The van der Waals surface area contributed by atoms with Crippen molar-refractivity contribution in [2.75, 3.05) is 0 Å². The zero-order valence-electron chi connectivity index (χ0n) is 16.3. The number of benzene rings is 2. The van der Waals surface area contributed by atoms with E-state index >= 15 is 0 Å². The summed E-state index contributed by atoms with van der Waals surface area (Å²) in [5.41, 5.74) is -1.92. The van der Waals surface area contributed by atoms with Crippen LogP contribution in [-0.2, 0) is 30.3 Å². The van der Waals surface area contributed by atoms with E-state index in [1.54, 1.807) is 6.92 Å². The standard InChI is InChI=1S/C23H23NO4/c1-17(25)27-21(2,18-10-6-4-7-11-18)14-23(16-24)15-22(3,28-20(23)26)19-12-8-5-9-13-19/h4-13H,14-15H2,1-3H3. The minimum atomic E-state index is -1.43. The summed E-state index contributed by atoms with van der Waals surface area (Å²) in [7, 11) is 0. The minimum Gasteiger partial charge on any atom is -0.455 e. The molecule has 2 aromatic carbocycles. The van der Waals surface area contributed by atoms with Gasteiger partial charge in [0.05, 0.1) is 6.07 Å². The van der Waals surface area contributed by atoms with Gasteiger partial charge in [-0.1, -0.05) is 60.7 Å². The summed E-state index contributed by atoms with van der Waals surface area (Å²) in [6.07, 6.45) is 0.199. The smallest absolute Gasteiger partial charge is 0.327 e. The fourth-order valence-electron chi connectivity index (χ4n) is 4.08. The Kier molecular flexibility index (Phi) is 4.99. The molecule has 2 aromatic rings. The third-order valence-corrected chi connectivity index (χ3v) is 5.34. The maximum atomic E-state index is 12.9. The van der Waals surface area contributed by atoms with Crippen LogP contribution < -0.4 is 0 Å². The summed E-state index contributed by atoms with van der Waals surface area (Å²) in [5.74, 6) is -1.06. The van der Waals surface area contributed by atoms with Gasteiger partial charge in [-0.15, -0.1) is 0 Å². The van der Waals surface area contributed by atoms with Crippen LogP contribution in [0, 0.1) is 16.7 Å². The average molecular weight is 377 g/mol. The molecule has 0 radical (unpaired) electrons. The molecule has 0 amide bonds. The molecule has 0 spiro atoms. The number of carbonyl (C=O) groups is 2. The van der Waals surface area contributed by atoms with E-state index in [0.29, 0.717) is 0 Å². The first-order chi connectivity index (χ1) is 13.2. The lowest BCUT2D eigenvalue weighted by atomic mass is 9.71. The number of hydrogen-bond donors (Lipinski definition) is 0. The Morgan fingerprint density at radius 3 is 2.29 bits per heavy atom. The van der Waals surface area contributed by atoms with Crippen LogP contribution in [0.2, 0.25) is 0 Å². The third-order valence-electron chi connectivity index (χ3n) is 5.34. The molecular weight excluding hydrogens is 354 g/mol. The molecule has 0 bridgehead atoms. The Labute approximate surface area is 164 Å². The van der Waals surface area contributed by atoms with Gasteiger partial charge < -0.3 is 9.47 Å². The van der Waals surface area contributed by atoms with Crippen molar-refractivity contribution in [3.05, 3.63) is 71.8 Å². The van der Waals surface area contributed by atoms with Gasteiger partial charge in [-0.2, -0.15) is 5.26 Å². The Hall–Kier alpha value is -3.13. The monoisotopic (exact) mass is 377 g/mol. The second-order valence-corrected chi connectivity index (χ2v) is 7.72. The number of carbonyl (C=O) groups excluding carboxylic acids is 2. The van der Waals surface area contributed by atoms with Gasteiger partial charge in [0, 0.05) is 19.8 Å². The SMILES string of the molecule is CC(=O)OC(C)(CC1(C#N)CC(C)(c2ccccc2)OC1=O)c1ccccc1. The number of ether oxygens (including phenoxy) is 2. The Morgan fingerprint density at radius 1 is 1.18 bits per heavy atom. The van der Waals surface area contributed by atoms with Crippen LogP contribution in [0.5, 0.6) is 0 Å². The molecule has 5 heteroatoms. The van der Waals surface area contributed by atoms with Gasteiger partial charge in [-0.05, 0) is 25.0 Å². The van der Waals surface area contributed by atoms with Crippen LogP contribution in [0.3, 0.4) is 0 Å². The number of hydrogen-bond acceptors (Lipinski definition) is 5. The lowest BCUT2D eigenvalue weighted by Crippen LogP contribution is -2.38. The maximum Gasteiger partial charge on any atom is 0.327 e. The summed E-state index contributed by atoms with van der Waals surface area (Å²) < 4.78 is 11.4. The minimum absolute atomic E-state index is 0.0152. The fraction of sp³-hybridized carbons (Fsp3) is 0.348. The molecule has 3 rings (SSSR count). The zero-order valence-corrected chi connectivity index (χ0v) is 16.3. The molecule has 0 aliphatic carbocycles. The van der Waals surface area contributed by atoms with E-state index in [0.717, 1.165) is 11.1 Å². The summed E-state index contributed by atoms with van der Waals surface area (Å²) in [6.45, 7) is 4.86. The lowest BCUT2D eigenvalue weighted by molar-refractivity contribution is -0.164. The van der Waals surface area contributed by atoms with E-state index < -0.39 is 28.6 Å². The van der Waals surface area contributed by atoms with Gasteiger partial charge in [0.25, 0.3) is 0 Å². The van der Waals surface area contributed by atoms with Crippen molar-refractivity contribution < 1.29 is 19.1 Å². The van der Waals surface area contributed by atoms with Crippen LogP contribution in [0.25, 0.3) is 0 Å². The van der Waals surface area contributed by atoms with E-state index in [2.05, 4.69) is 6.07 Å². The molecule has 0 N–H and O–H groups in total. The molecule has 1 fully saturated rings. The molecule has 3 unspecified atom stereocenters. The van der Waals surface area contributed by atoms with E-state index in [4.69, 9.17) is 9.47 Å². The first-order valence-electron chi connectivity index (χ1n) is 9.18. The van der Waals surface area contributed by atoms with Gasteiger partial charge in [0.15, 0.2) is 5.41 Å². The highest BCUT2D eigenvalue weighted by Crippen LogP contribution is 2.52. The number of nitrogens with zero attached hydrogens (tertiary/aromatic N) is 1. The van der Waals surface area contributed by atoms with Gasteiger partial charge in [0.2, 0.25) is 0 Å². The van der Waals surface area contributed by atoms with E-state index in [1.165, 1.54) is 6.92 Å². The summed E-state index contributed by atoms with van der Waals surface area (Å²) >= 11 is 0. The quantitative estimate of drug-likeness (QED) is 0.729. The van der Waals surface area contributed by atoms with Crippen molar-refractivity contribution in [1.29, 1.82) is 5.26 Å². The van der Waals surface area contributed by atoms with Gasteiger partial charge in [-0.25, -0.2) is 0 Å². The second-order valence-electron chi connectivity index (χ2n) is 7.72. The first-order valence-corrected chi connectivity index (χ1v) is 9.18. The normalized spacial score (nSPS) is 26.0. The van der Waals surface area contributed by atoms with Crippen LogP contribution in [0.15, 0.2) is 60.7 Å². The van der Waals surface area contributed by atoms with E-state index in [1.807, 2.05) is 67.6 Å². The summed E-state index contributed by atoms with van der Waals surface area (Å²) in [5, 5.41) is 10.0. The molecular formula is C23H23NO4. The molecule has 3 atom stereocenters. The van der Waals surface area contributed by atoms with Crippen molar-refractivity contribution in [3.63, 3.8) is 0 Å². The number of esters is 2. The van der Waals surface area contributed by atoms with Crippen molar-refractivity contribution in [2.45, 2.75) is 44.8 Å². The highest BCUT2D eigenvalue weighted by Gasteiger charge is 2.59. The number of cyclic esters (lactones) is 1. The molecule has 28 heavy (non-hydrogen) atoms. The molecule has 1 aliphatic rings. The van der Waals surface area contributed by atoms with Gasteiger partial charge in [-0.3, -0.25) is 9.59 Å². The molecule has 0 saturated carbocycles. The molecule has 144 valence electrons. The van der Waals surface area contributed by atoms with Gasteiger partial charge >= 0.3 is 11.9 Å². The average Bonchev–Trinajstić information content (AvgIpc) is 2.94. The summed E-state index contributed by atoms with van der Waals surface area (Å²) in [4.78, 5) is 24.7. The largest absolute Gasteiger partial charge is 0.455 e. The lowest BCUT2D eigenvalue weighted by Gasteiger charge is -2.34. The second kappa shape index (κ2) is 7.12. The van der Waals surface area contributed by atoms with Crippen LogP contribution in [0.1, 0.15) is 44.7 Å². The maximum absolute atomic E-state index is 12.9. The molecule has 1 heterocycles. The topological polar surface area (TPSA) is 76.4 Å². The predicted molar refractivity (Wildman–Crippen MR) is 103 cm³/mol. The number of nitriles is 1. The van der Waals surface area contributed by atoms with Crippen LogP contribution in [0.4, 0.5) is 0 Å². The fourth-order valence-corrected chi connectivity index (χ4v) is 4.08. The molecule has 1 saturated heterocycles. The highest BCUT2D eigenvalue weighted by molar-refractivity contribution is 5.83. The highest BCUT2D eigenvalue weighted by atomic mass is 16.6. The van der Waals surface area contributed by atoms with Crippen molar-refractivity contribution >= 4 is 11.9 Å². The zero-order chi connectivity index (χ0) is 20.4. The predicted octanol–water partition coefficient (Wildman–Crippen LogP) is 4.23. The Balaban J connectivity index is 2.00. The Bertz CT molecular complexity index is 921. The Morgan fingerprint density at radius 2 is 1.75 bits per heavy atom.